The molecule has 0 atom stereocenters. The van der Waals surface area contributed by atoms with E-state index in [-0.39, 0.29) is 22.8 Å². The number of esters is 1. The molecule has 2 aromatic rings. The van der Waals surface area contributed by atoms with Gasteiger partial charge in [0.25, 0.3) is 11.6 Å². The van der Waals surface area contributed by atoms with Crippen LogP contribution in [0.5, 0.6) is 5.75 Å². The number of nitrogens with zero attached hydrogens (tertiary/aromatic N) is 1. The summed E-state index contributed by atoms with van der Waals surface area (Å²) in [6, 6.07) is 8.59. The molecule has 0 unspecified atom stereocenters. The molecule has 1 N–H and O–H groups in total. The van der Waals surface area contributed by atoms with Gasteiger partial charge in [0.05, 0.1) is 18.5 Å². The van der Waals surface area contributed by atoms with Crippen molar-refractivity contribution < 1.29 is 24.0 Å². The van der Waals surface area contributed by atoms with E-state index in [4.69, 9.17) is 32.7 Å². The van der Waals surface area contributed by atoms with Crippen molar-refractivity contribution in [1.82, 2.24) is 0 Å². The Bertz CT molecular complexity index is 888. The number of amides is 1. The molecular formula is C17H14Cl2N2O6. The number of nitrogens with one attached hydrogen (secondary N) is 1. The van der Waals surface area contributed by atoms with Crippen molar-refractivity contribution in [3.8, 4) is 5.75 Å². The van der Waals surface area contributed by atoms with Crippen LogP contribution in [-0.4, -0.2) is 30.5 Å². The average Bonchev–Trinajstić information content (AvgIpc) is 2.61. The van der Waals surface area contributed by atoms with E-state index in [1.165, 1.54) is 19.2 Å². The van der Waals surface area contributed by atoms with Gasteiger partial charge in [0.15, 0.2) is 6.61 Å². The monoisotopic (exact) mass is 412 g/mol. The van der Waals surface area contributed by atoms with Crippen molar-refractivity contribution in [2.75, 3.05) is 19.0 Å². The van der Waals surface area contributed by atoms with Crippen molar-refractivity contribution in [3.05, 3.63) is 62.1 Å². The number of anilines is 1. The van der Waals surface area contributed by atoms with Crippen LogP contribution in [0.1, 0.15) is 5.56 Å². The number of carbonyl (C=O) groups is 2. The summed E-state index contributed by atoms with van der Waals surface area (Å²) in [5.41, 5.74) is 0.326. The number of nitro groups is 1. The summed E-state index contributed by atoms with van der Waals surface area (Å²) in [5, 5.41) is 13.6. The lowest BCUT2D eigenvalue weighted by Crippen LogP contribution is -2.21. The highest BCUT2D eigenvalue weighted by atomic mass is 35.5. The van der Waals surface area contributed by atoms with E-state index in [0.29, 0.717) is 16.3 Å². The highest BCUT2D eigenvalue weighted by Crippen LogP contribution is 2.27. The molecule has 0 fully saturated rings. The van der Waals surface area contributed by atoms with Crippen LogP contribution in [-0.2, 0) is 20.7 Å². The molecule has 0 saturated carbocycles. The molecule has 10 heteroatoms. The number of benzene rings is 2. The molecule has 8 nitrogen and oxygen atoms in total. The predicted octanol–water partition coefficient (Wildman–Crippen LogP) is 3.63. The maximum Gasteiger partial charge on any atom is 0.310 e. The van der Waals surface area contributed by atoms with Crippen LogP contribution in [0.4, 0.5) is 11.4 Å². The maximum atomic E-state index is 11.9. The van der Waals surface area contributed by atoms with E-state index in [1.807, 2.05) is 0 Å². The molecule has 2 aromatic carbocycles. The Morgan fingerprint density at radius 3 is 2.59 bits per heavy atom. The number of methoxy groups -OCH3 is 1. The first-order valence-corrected chi connectivity index (χ1v) is 8.27. The molecule has 0 aliphatic carbocycles. The van der Waals surface area contributed by atoms with E-state index >= 15 is 0 Å². The third kappa shape index (κ3) is 5.83. The zero-order valence-corrected chi connectivity index (χ0v) is 15.5. The highest BCUT2D eigenvalue weighted by molar-refractivity contribution is 6.32. The molecule has 0 heterocycles. The zero-order valence-electron chi connectivity index (χ0n) is 14.0. The van der Waals surface area contributed by atoms with E-state index in [0.717, 1.165) is 6.07 Å². The Morgan fingerprint density at radius 2 is 1.93 bits per heavy atom. The number of ether oxygens (including phenoxy) is 2. The predicted molar refractivity (Wildman–Crippen MR) is 99.4 cm³/mol. The first kappa shape index (κ1) is 20.5. The van der Waals surface area contributed by atoms with Gasteiger partial charge >= 0.3 is 5.97 Å². The third-order valence-electron chi connectivity index (χ3n) is 3.37. The second-order valence-electron chi connectivity index (χ2n) is 5.27. The molecular weight excluding hydrogens is 399 g/mol. The van der Waals surface area contributed by atoms with Crippen LogP contribution < -0.4 is 10.1 Å². The second-order valence-corrected chi connectivity index (χ2v) is 6.11. The van der Waals surface area contributed by atoms with Gasteiger partial charge in [0.2, 0.25) is 0 Å². The Labute approximate surface area is 164 Å². The van der Waals surface area contributed by atoms with Crippen molar-refractivity contribution in [2.24, 2.45) is 0 Å². The molecule has 2 rings (SSSR count). The van der Waals surface area contributed by atoms with Gasteiger partial charge in [-0.1, -0.05) is 23.2 Å². The van der Waals surface area contributed by atoms with E-state index in [2.05, 4.69) is 5.32 Å². The smallest absolute Gasteiger partial charge is 0.310 e. The number of rotatable bonds is 7. The number of halogens is 2. The topological polar surface area (TPSA) is 108 Å². The molecule has 0 aromatic heterocycles. The minimum Gasteiger partial charge on any atom is -0.496 e. The van der Waals surface area contributed by atoms with E-state index < -0.39 is 23.4 Å². The number of hydrogen-bond acceptors (Lipinski definition) is 6. The van der Waals surface area contributed by atoms with Gasteiger partial charge in [-0.25, -0.2) is 0 Å². The van der Waals surface area contributed by atoms with Crippen molar-refractivity contribution in [1.29, 1.82) is 0 Å². The minimum atomic E-state index is -0.670. The number of nitro benzene ring substituents is 1. The lowest BCUT2D eigenvalue weighted by Gasteiger charge is -2.09. The van der Waals surface area contributed by atoms with Crippen LogP contribution in [0, 0.1) is 10.1 Å². The molecule has 142 valence electrons. The van der Waals surface area contributed by atoms with Crippen molar-refractivity contribution >= 4 is 46.5 Å². The number of carbonyl (C=O) groups excluding carboxylic acids is 2. The lowest BCUT2D eigenvalue weighted by atomic mass is 10.1. The van der Waals surface area contributed by atoms with Gasteiger partial charge < -0.3 is 14.8 Å². The first-order valence-electron chi connectivity index (χ1n) is 7.52. The average molecular weight is 413 g/mol. The largest absolute Gasteiger partial charge is 0.496 e. The van der Waals surface area contributed by atoms with Gasteiger partial charge in [0, 0.05) is 22.3 Å². The zero-order chi connectivity index (χ0) is 20.0. The van der Waals surface area contributed by atoms with Crippen LogP contribution in [0.2, 0.25) is 10.0 Å². The molecule has 1 amide bonds. The summed E-state index contributed by atoms with van der Waals surface area (Å²) in [6.07, 6.45) is -0.135. The Balaban J connectivity index is 1.92. The fourth-order valence-corrected chi connectivity index (χ4v) is 2.55. The molecule has 0 spiro atoms. The van der Waals surface area contributed by atoms with Crippen molar-refractivity contribution in [3.63, 3.8) is 0 Å². The van der Waals surface area contributed by atoms with Crippen LogP contribution in [0.15, 0.2) is 36.4 Å². The fourth-order valence-electron chi connectivity index (χ4n) is 2.17. The summed E-state index contributed by atoms with van der Waals surface area (Å²) < 4.78 is 10.0. The summed E-state index contributed by atoms with van der Waals surface area (Å²) >= 11 is 11.6. The van der Waals surface area contributed by atoms with Crippen molar-refractivity contribution in [2.45, 2.75) is 6.42 Å². The molecule has 0 aliphatic heterocycles. The Morgan fingerprint density at radius 1 is 1.19 bits per heavy atom. The van der Waals surface area contributed by atoms with Crippen LogP contribution in [0.3, 0.4) is 0 Å². The Hall–Kier alpha value is -2.84. The fraction of sp³-hybridized carbons (Fsp3) is 0.176. The molecule has 0 radical (unpaired) electrons. The maximum absolute atomic E-state index is 11.9. The SMILES string of the molecule is COc1ccc(Cl)cc1CC(=O)OCC(=O)Nc1ccc(Cl)c([N+](=O)[O-])c1. The normalized spacial score (nSPS) is 10.2. The Kier molecular flexibility index (Phi) is 6.98. The van der Waals surface area contributed by atoms with Crippen LogP contribution >= 0.6 is 23.2 Å². The van der Waals surface area contributed by atoms with E-state index in [1.54, 1.807) is 18.2 Å². The number of hydrogen-bond donors (Lipinski definition) is 1. The van der Waals surface area contributed by atoms with Gasteiger partial charge in [-0.15, -0.1) is 0 Å². The minimum absolute atomic E-state index is 0.0557. The second kappa shape index (κ2) is 9.20. The van der Waals surface area contributed by atoms with E-state index in [9.17, 15) is 19.7 Å². The van der Waals surface area contributed by atoms with Gasteiger partial charge in [-0.2, -0.15) is 0 Å². The molecule has 0 bridgehead atoms. The molecule has 27 heavy (non-hydrogen) atoms. The summed E-state index contributed by atoms with van der Waals surface area (Å²) in [5.74, 6) is -0.847. The third-order valence-corrected chi connectivity index (χ3v) is 3.92. The highest BCUT2D eigenvalue weighted by Gasteiger charge is 2.15. The van der Waals surface area contributed by atoms with Gasteiger partial charge in [-0.05, 0) is 30.3 Å². The summed E-state index contributed by atoms with van der Waals surface area (Å²) in [6.45, 7) is -0.557. The quantitative estimate of drug-likeness (QED) is 0.422. The molecule has 0 aliphatic rings. The summed E-state index contributed by atoms with van der Waals surface area (Å²) in [7, 11) is 1.46. The lowest BCUT2D eigenvalue weighted by molar-refractivity contribution is -0.384. The van der Waals surface area contributed by atoms with Gasteiger partial charge in [0.1, 0.15) is 10.8 Å². The summed E-state index contributed by atoms with van der Waals surface area (Å²) in [4.78, 5) is 34.0. The van der Waals surface area contributed by atoms with Crippen LogP contribution in [0.25, 0.3) is 0 Å². The first-order chi connectivity index (χ1) is 12.8. The molecule has 0 saturated heterocycles. The van der Waals surface area contributed by atoms with Gasteiger partial charge in [-0.3, -0.25) is 19.7 Å². The standard InChI is InChI=1S/C17H14Cl2N2O6/c1-26-15-5-2-11(18)6-10(15)7-17(23)27-9-16(22)20-12-3-4-13(19)14(8-12)21(24)25/h2-6,8H,7,9H2,1H3,(H,20,22).